The predicted molar refractivity (Wildman–Crippen MR) is 106 cm³/mol. The Labute approximate surface area is 159 Å². The summed E-state index contributed by atoms with van der Waals surface area (Å²) in [4.78, 5) is 13.5. The van der Waals surface area contributed by atoms with Crippen molar-refractivity contribution in [2.75, 3.05) is 6.54 Å². The highest BCUT2D eigenvalue weighted by molar-refractivity contribution is 7.98. The Morgan fingerprint density at radius 3 is 2.36 bits per heavy atom. The molecule has 0 heterocycles. The molecule has 2 nitrogen and oxygen atoms in total. The van der Waals surface area contributed by atoms with Crippen LogP contribution in [0.3, 0.4) is 0 Å². The monoisotopic (exact) mass is 373 g/mol. The molecular weight excluding hydrogens is 350 g/mol. The van der Waals surface area contributed by atoms with Crippen molar-refractivity contribution in [2.45, 2.75) is 42.8 Å². The maximum absolute atomic E-state index is 12.3. The second-order valence-electron chi connectivity index (χ2n) is 6.65. The third-order valence-electron chi connectivity index (χ3n) is 4.71. The number of hydrogen-bond donors (Lipinski definition) is 1. The Balaban J connectivity index is 1.47. The zero-order valence-corrected chi connectivity index (χ0v) is 15.9. The van der Waals surface area contributed by atoms with E-state index >= 15 is 0 Å². The van der Waals surface area contributed by atoms with Gasteiger partial charge in [0.25, 0.3) is 5.91 Å². The van der Waals surface area contributed by atoms with Gasteiger partial charge in [-0.1, -0.05) is 43.0 Å². The van der Waals surface area contributed by atoms with Crippen LogP contribution in [-0.2, 0) is 5.75 Å². The summed E-state index contributed by atoms with van der Waals surface area (Å²) in [5.41, 5.74) is 1.96. The highest BCUT2D eigenvalue weighted by Gasteiger charge is 2.14. The van der Waals surface area contributed by atoms with E-state index < -0.39 is 0 Å². The molecule has 0 aliphatic heterocycles. The largest absolute Gasteiger partial charge is 0.352 e. The Bertz CT molecular complexity index is 678. The van der Waals surface area contributed by atoms with Crippen molar-refractivity contribution in [3.8, 4) is 0 Å². The molecule has 132 valence electrons. The first-order chi connectivity index (χ1) is 12.2. The number of benzene rings is 2. The normalized spacial score (nSPS) is 15.1. The van der Waals surface area contributed by atoms with Gasteiger partial charge in [-0.05, 0) is 60.7 Å². The molecule has 1 fully saturated rings. The minimum absolute atomic E-state index is 0.0440. The van der Waals surface area contributed by atoms with Crippen molar-refractivity contribution in [3.05, 3.63) is 64.7 Å². The first kappa shape index (κ1) is 18.3. The highest BCUT2D eigenvalue weighted by Crippen LogP contribution is 2.25. The van der Waals surface area contributed by atoms with Gasteiger partial charge in [-0.15, -0.1) is 11.8 Å². The van der Waals surface area contributed by atoms with Gasteiger partial charge in [0.05, 0.1) is 0 Å². The Hall–Kier alpha value is -1.45. The van der Waals surface area contributed by atoms with Gasteiger partial charge in [0.2, 0.25) is 0 Å². The Morgan fingerprint density at radius 2 is 1.68 bits per heavy atom. The van der Waals surface area contributed by atoms with Gasteiger partial charge in [-0.25, -0.2) is 0 Å². The molecule has 0 atom stereocenters. The molecule has 0 radical (unpaired) electrons. The third kappa shape index (κ3) is 5.79. The molecule has 1 saturated carbocycles. The quantitative estimate of drug-likeness (QED) is 0.634. The summed E-state index contributed by atoms with van der Waals surface area (Å²) in [6, 6.07) is 15.8. The molecule has 2 aromatic rings. The van der Waals surface area contributed by atoms with Crippen LogP contribution in [0.5, 0.6) is 0 Å². The topological polar surface area (TPSA) is 29.1 Å². The predicted octanol–water partition coefficient (Wildman–Crippen LogP) is 5.94. The number of amides is 1. The molecule has 0 unspecified atom stereocenters. The van der Waals surface area contributed by atoms with E-state index in [2.05, 4.69) is 5.32 Å². The maximum atomic E-state index is 12.3. The van der Waals surface area contributed by atoms with Crippen molar-refractivity contribution in [1.82, 2.24) is 5.32 Å². The van der Waals surface area contributed by atoms with E-state index in [4.69, 9.17) is 11.6 Å². The average Bonchev–Trinajstić information content (AvgIpc) is 2.67. The second kappa shape index (κ2) is 9.30. The Morgan fingerprint density at radius 1 is 1.00 bits per heavy atom. The number of nitrogens with one attached hydrogen (secondary N) is 1. The lowest BCUT2D eigenvalue weighted by molar-refractivity contribution is 0.0943. The number of halogens is 1. The Kier molecular flexibility index (Phi) is 6.83. The van der Waals surface area contributed by atoms with E-state index in [1.165, 1.54) is 42.6 Å². The van der Waals surface area contributed by atoms with Crippen LogP contribution in [0.1, 0.15) is 48.0 Å². The van der Waals surface area contributed by atoms with Crippen molar-refractivity contribution in [2.24, 2.45) is 5.92 Å². The summed E-state index contributed by atoms with van der Waals surface area (Å²) in [6.45, 7) is 0.813. The summed E-state index contributed by atoms with van der Waals surface area (Å²) in [6.07, 6.45) is 6.46. The molecule has 25 heavy (non-hydrogen) atoms. The molecule has 3 rings (SSSR count). The highest BCUT2D eigenvalue weighted by atomic mass is 35.5. The van der Waals surface area contributed by atoms with E-state index in [0.717, 1.165) is 22.9 Å². The average molecular weight is 374 g/mol. The van der Waals surface area contributed by atoms with Gasteiger partial charge in [-0.2, -0.15) is 0 Å². The molecule has 2 aromatic carbocycles. The van der Waals surface area contributed by atoms with Gasteiger partial charge in [0.1, 0.15) is 0 Å². The van der Waals surface area contributed by atoms with E-state index in [9.17, 15) is 4.79 Å². The van der Waals surface area contributed by atoms with Crippen LogP contribution in [0.15, 0.2) is 53.4 Å². The molecular formula is C21H24ClNOS. The third-order valence-corrected chi connectivity index (χ3v) is 6.05. The number of carbonyl (C=O) groups is 1. The fourth-order valence-corrected chi connectivity index (χ4v) is 4.16. The summed E-state index contributed by atoms with van der Waals surface area (Å²) in [5, 5.41) is 3.85. The molecule has 0 bridgehead atoms. The van der Waals surface area contributed by atoms with Gasteiger partial charge in [0, 0.05) is 27.8 Å². The molecule has 1 aliphatic rings. The van der Waals surface area contributed by atoms with E-state index in [1.54, 1.807) is 11.8 Å². The minimum Gasteiger partial charge on any atom is -0.352 e. The number of carbonyl (C=O) groups excluding carboxylic acids is 1. The molecule has 0 spiro atoms. The lowest BCUT2D eigenvalue weighted by Gasteiger charge is -2.21. The van der Waals surface area contributed by atoms with Crippen LogP contribution >= 0.6 is 23.4 Å². The molecule has 0 aromatic heterocycles. The fourth-order valence-electron chi connectivity index (χ4n) is 3.18. The van der Waals surface area contributed by atoms with Gasteiger partial charge in [0.15, 0.2) is 0 Å². The second-order valence-corrected chi connectivity index (χ2v) is 8.14. The van der Waals surface area contributed by atoms with Gasteiger partial charge in [-0.3, -0.25) is 4.79 Å². The van der Waals surface area contributed by atoms with Crippen LogP contribution in [0.4, 0.5) is 0 Å². The molecule has 1 aliphatic carbocycles. The van der Waals surface area contributed by atoms with Crippen LogP contribution in [0, 0.1) is 5.92 Å². The minimum atomic E-state index is 0.0440. The van der Waals surface area contributed by atoms with E-state index in [-0.39, 0.29) is 5.91 Å². The number of hydrogen-bond acceptors (Lipinski definition) is 2. The fraction of sp³-hybridized carbons (Fsp3) is 0.381. The molecule has 4 heteroatoms. The lowest BCUT2D eigenvalue weighted by Crippen LogP contribution is -2.30. The summed E-state index contributed by atoms with van der Waals surface area (Å²) in [5.74, 6) is 1.58. The van der Waals surface area contributed by atoms with Crippen LogP contribution < -0.4 is 5.32 Å². The van der Waals surface area contributed by atoms with Crippen LogP contribution in [0.25, 0.3) is 0 Å². The first-order valence-electron chi connectivity index (χ1n) is 8.96. The summed E-state index contributed by atoms with van der Waals surface area (Å²) in [7, 11) is 0. The number of thioether (sulfide) groups is 1. The lowest BCUT2D eigenvalue weighted by atomic mass is 9.89. The van der Waals surface area contributed by atoms with Crippen molar-refractivity contribution in [3.63, 3.8) is 0 Å². The van der Waals surface area contributed by atoms with Crippen molar-refractivity contribution in [1.29, 1.82) is 0 Å². The number of rotatable bonds is 6. The van der Waals surface area contributed by atoms with Crippen molar-refractivity contribution < 1.29 is 4.79 Å². The molecule has 1 N–H and O–H groups in total. The van der Waals surface area contributed by atoms with Crippen LogP contribution in [0.2, 0.25) is 5.02 Å². The summed E-state index contributed by atoms with van der Waals surface area (Å²) >= 11 is 7.67. The van der Waals surface area contributed by atoms with E-state index in [1.807, 2.05) is 48.5 Å². The van der Waals surface area contributed by atoms with Crippen LogP contribution in [-0.4, -0.2) is 12.5 Å². The van der Waals surface area contributed by atoms with Gasteiger partial charge < -0.3 is 5.32 Å². The SMILES string of the molecule is O=C(NCC1CCCCC1)c1ccc(CSc2ccc(Cl)cc2)cc1. The smallest absolute Gasteiger partial charge is 0.251 e. The summed E-state index contributed by atoms with van der Waals surface area (Å²) < 4.78 is 0. The van der Waals surface area contributed by atoms with E-state index in [0.29, 0.717) is 5.92 Å². The van der Waals surface area contributed by atoms with Crippen molar-refractivity contribution >= 4 is 29.3 Å². The first-order valence-corrected chi connectivity index (χ1v) is 10.3. The maximum Gasteiger partial charge on any atom is 0.251 e. The zero-order chi connectivity index (χ0) is 17.5. The molecule has 1 amide bonds. The van der Waals surface area contributed by atoms with Gasteiger partial charge >= 0.3 is 0 Å². The standard InChI is InChI=1S/C21H24ClNOS/c22-19-10-12-20(13-11-19)25-15-17-6-8-18(9-7-17)21(24)23-14-16-4-2-1-3-5-16/h6-13,16H,1-5,14-15H2,(H,23,24). The zero-order valence-electron chi connectivity index (χ0n) is 14.3. The molecule has 0 saturated heterocycles.